The first-order valence-electron chi connectivity index (χ1n) is 8.30. The standard InChI is InChI=1S/C19H24N2OS/c1-13-8-14(2)11-21(10-13)19(22)12-23-18-9-15(3)16-6-4-5-7-17(16)20-18/h4-7,9,13-14H,8,10-12H2,1-3H3/t13-,14-/m1/s1. The van der Waals surface area contributed by atoms with E-state index in [4.69, 9.17) is 0 Å². The number of para-hydroxylation sites is 1. The number of rotatable bonds is 3. The molecule has 2 aromatic rings. The number of amides is 1. The average molecular weight is 328 g/mol. The van der Waals surface area contributed by atoms with Crippen LogP contribution < -0.4 is 0 Å². The summed E-state index contributed by atoms with van der Waals surface area (Å²) in [5.74, 6) is 1.92. The number of carbonyl (C=O) groups excluding carboxylic acids is 1. The fourth-order valence-corrected chi connectivity index (χ4v) is 4.36. The van der Waals surface area contributed by atoms with Crippen LogP contribution in [-0.4, -0.2) is 34.6 Å². The molecule has 2 heterocycles. The number of hydrogen-bond acceptors (Lipinski definition) is 3. The molecular formula is C19H24N2OS. The lowest BCUT2D eigenvalue weighted by Crippen LogP contribution is -2.43. The van der Waals surface area contributed by atoms with Crippen LogP contribution in [0.1, 0.15) is 25.8 Å². The largest absolute Gasteiger partial charge is 0.341 e. The van der Waals surface area contributed by atoms with Gasteiger partial charge in [-0.05, 0) is 42.9 Å². The van der Waals surface area contributed by atoms with Crippen molar-refractivity contribution in [3.05, 3.63) is 35.9 Å². The first kappa shape index (κ1) is 16.3. The van der Waals surface area contributed by atoms with Gasteiger partial charge in [0.25, 0.3) is 0 Å². The fraction of sp³-hybridized carbons (Fsp3) is 0.474. The third-order valence-corrected chi connectivity index (χ3v) is 5.36. The Labute approximate surface area is 142 Å². The Morgan fingerprint density at radius 2 is 1.96 bits per heavy atom. The molecule has 0 N–H and O–H groups in total. The van der Waals surface area contributed by atoms with Crippen molar-refractivity contribution < 1.29 is 4.79 Å². The molecule has 0 saturated carbocycles. The number of pyridine rings is 1. The Balaban J connectivity index is 1.67. The number of piperidine rings is 1. The highest BCUT2D eigenvalue weighted by Crippen LogP contribution is 2.25. The smallest absolute Gasteiger partial charge is 0.233 e. The number of carbonyl (C=O) groups is 1. The third kappa shape index (κ3) is 3.86. The predicted octanol–water partition coefficient (Wildman–Crippen LogP) is 4.14. The van der Waals surface area contributed by atoms with E-state index in [1.807, 2.05) is 23.1 Å². The van der Waals surface area contributed by atoms with Crippen LogP contribution in [-0.2, 0) is 4.79 Å². The second-order valence-electron chi connectivity index (χ2n) is 6.83. The minimum Gasteiger partial charge on any atom is -0.341 e. The monoisotopic (exact) mass is 328 g/mol. The van der Waals surface area contributed by atoms with Crippen molar-refractivity contribution in [2.75, 3.05) is 18.8 Å². The van der Waals surface area contributed by atoms with E-state index in [9.17, 15) is 4.79 Å². The van der Waals surface area contributed by atoms with Gasteiger partial charge in [-0.3, -0.25) is 4.79 Å². The molecule has 23 heavy (non-hydrogen) atoms. The summed E-state index contributed by atoms with van der Waals surface area (Å²) in [5.41, 5.74) is 2.22. The first-order chi connectivity index (χ1) is 11.0. The van der Waals surface area contributed by atoms with Crippen molar-refractivity contribution in [3.63, 3.8) is 0 Å². The molecular weight excluding hydrogens is 304 g/mol. The SMILES string of the molecule is Cc1cc(SCC(=O)N2C[C@H](C)C[C@@H](C)C2)nc2ccccc12. The number of nitrogens with zero attached hydrogens (tertiary/aromatic N) is 2. The average Bonchev–Trinajstić information content (AvgIpc) is 2.52. The molecule has 1 saturated heterocycles. The highest BCUT2D eigenvalue weighted by Gasteiger charge is 2.25. The van der Waals surface area contributed by atoms with Crippen molar-refractivity contribution in [2.45, 2.75) is 32.2 Å². The van der Waals surface area contributed by atoms with E-state index < -0.39 is 0 Å². The Bertz CT molecular complexity index is 706. The maximum Gasteiger partial charge on any atom is 0.233 e. The van der Waals surface area contributed by atoms with Crippen LogP contribution in [0.2, 0.25) is 0 Å². The van der Waals surface area contributed by atoms with E-state index in [0.717, 1.165) is 23.6 Å². The van der Waals surface area contributed by atoms with Gasteiger partial charge < -0.3 is 4.90 Å². The summed E-state index contributed by atoms with van der Waals surface area (Å²) in [7, 11) is 0. The normalized spacial score (nSPS) is 21.6. The van der Waals surface area contributed by atoms with Crippen LogP contribution in [0, 0.1) is 18.8 Å². The van der Waals surface area contributed by atoms with Crippen LogP contribution in [0.3, 0.4) is 0 Å². The third-order valence-electron chi connectivity index (χ3n) is 4.46. The second-order valence-corrected chi connectivity index (χ2v) is 7.82. The maximum absolute atomic E-state index is 12.5. The van der Waals surface area contributed by atoms with Gasteiger partial charge in [-0.25, -0.2) is 4.98 Å². The molecule has 1 aromatic carbocycles. The van der Waals surface area contributed by atoms with Crippen LogP contribution in [0.5, 0.6) is 0 Å². The van der Waals surface area contributed by atoms with Gasteiger partial charge in [0.05, 0.1) is 16.3 Å². The van der Waals surface area contributed by atoms with Gasteiger partial charge in [-0.1, -0.05) is 43.8 Å². The predicted molar refractivity (Wildman–Crippen MR) is 96.7 cm³/mol. The highest BCUT2D eigenvalue weighted by molar-refractivity contribution is 7.99. The molecule has 1 aliphatic rings. The van der Waals surface area contributed by atoms with E-state index in [1.165, 1.54) is 17.4 Å². The number of fused-ring (bicyclic) bond motifs is 1. The fourth-order valence-electron chi connectivity index (χ4n) is 3.49. The van der Waals surface area contributed by atoms with E-state index >= 15 is 0 Å². The second kappa shape index (κ2) is 6.91. The molecule has 122 valence electrons. The molecule has 1 aromatic heterocycles. The lowest BCUT2D eigenvalue weighted by Gasteiger charge is -2.35. The minimum atomic E-state index is 0.237. The number of likely N-dealkylation sites (tertiary alicyclic amines) is 1. The lowest BCUT2D eigenvalue weighted by atomic mass is 9.92. The van der Waals surface area contributed by atoms with Crippen molar-refractivity contribution in [1.82, 2.24) is 9.88 Å². The summed E-state index contributed by atoms with van der Waals surface area (Å²) in [6.07, 6.45) is 1.22. The van der Waals surface area contributed by atoms with Gasteiger partial charge in [0, 0.05) is 18.5 Å². The molecule has 2 atom stereocenters. The Kier molecular flexibility index (Phi) is 4.90. The molecule has 0 radical (unpaired) electrons. The van der Waals surface area contributed by atoms with E-state index in [2.05, 4.69) is 37.9 Å². The summed E-state index contributed by atoms with van der Waals surface area (Å²) < 4.78 is 0. The molecule has 4 heteroatoms. The molecule has 1 fully saturated rings. The number of thioether (sulfide) groups is 1. The number of aryl methyl sites for hydroxylation is 1. The quantitative estimate of drug-likeness (QED) is 0.794. The first-order valence-corrected chi connectivity index (χ1v) is 9.28. The van der Waals surface area contributed by atoms with Gasteiger partial charge in [-0.2, -0.15) is 0 Å². The summed E-state index contributed by atoms with van der Waals surface area (Å²) in [5, 5.41) is 2.12. The van der Waals surface area contributed by atoms with Gasteiger partial charge in [0.2, 0.25) is 5.91 Å². The van der Waals surface area contributed by atoms with Gasteiger partial charge in [0.15, 0.2) is 0 Å². The molecule has 1 aliphatic heterocycles. The summed E-state index contributed by atoms with van der Waals surface area (Å²) >= 11 is 1.55. The lowest BCUT2D eigenvalue weighted by molar-refractivity contribution is -0.130. The van der Waals surface area contributed by atoms with E-state index in [0.29, 0.717) is 17.6 Å². The summed E-state index contributed by atoms with van der Waals surface area (Å²) in [6.45, 7) is 8.36. The van der Waals surface area contributed by atoms with Crippen molar-refractivity contribution >= 4 is 28.6 Å². The number of benzene rings is 1. The summed E-state index contributed by atoms with van der Waals surface area (Å²) in [6, 6.07) is 10.2. The zero-order chi connectivity index (χ0) is 16.4. The van der Waals surface area contributed by atoms with Gasteiger partial charge in [0.1, 0.15) is 0 Å². The van der Waals surface area contributed by atoms with Crippen molar-refractivity contribution in [2.24, 2.45) is 11.8 Å². The molecule has 0 unspecified atom stereocenters. The maximum atomic E-state index is 12.5. The van der Waals surface area contributed by atoms with Crippen molar-refractivity contribution in [1.29, 1.82) is 0 Å². The number of aromatic nitrogens is 1. The molecule has 1 amide bonds. The van der Waals surface area contributed by atoms with E-state index in [-0.39, 0.29) is 5.91 Å². The highest BCUT2D eigenvalue weighted by atomic mass is 32.2. The van der Waals surface area contributed by atoms with Crippen LogP contribution in [0.25, 0.3) is 10.9 Å². The zero-order valence-electron chi connectivity index (χ0n) is 14.1. The molecule has 0 aliphatic carbocycles. The Hall–Kier alpha value is -1.55. The van der Waals surface area contributed by atoms with Crippen molar-refractivity contribution in [3.8, 4) is 0 Å². The van der Waals surface area contributed by atoms with E-state index in [1.54, 1.807) is 11.8 Å². The molecule has 0 spiro atoms. The van der Waals surface area contributed by atoms with Gasteiger partial charge in [-0.15, -0.1) is 0 Å². The Morgan fingerprint density at radius 1 is 1.26 bits per heavy atom. The molecule has 3 nitrogen and oxygen atoms in total. The molecule has 3 rings (SSSR count). The zero-order valence-corrected chi connectivity index (χ0v) is 14.9. The Morgan fingerprint density at radius 3 is 2.70 bits per heavy atom. The summed E-state index contributed by atoms with van der Waals surface area (Å²) in [4.78, 5) is 19.2. The minimum absolute atomic E-state index is 0.237. The van der Waals surface area contributed by atoms with Crippen LogP contribution in [0.15, 0.2) is 35.4 Å². The van der Waals surface area contributed by atoms with Crippen LogP contribution >= 0.6 is 11.8 Å². The topological polar surface area (TPSA) is 33.2 Å². The molecule has 0 bridgehead atoms. The van der Waals surface area contributed by atoms with Crippen LogP contribution in [0.4, 0.5) is 0 Å². The number of hydrogen-bond donors (Lipinski definition) is 0. The van der Waals surface area contributed by atoms with Gasteiger partial charge >= 0.3 is 0 Å².